The number of benzene rings is 1. The first kappa shape index (κ1) is 25.3. The Balaban J connectivity index is 2.17. The number of nitrogens with one attached hydrogen (secondary N) is 1. The lowest BCUT2D eigenvalue weighted by atomic mass is 9.69. The number of Topliss-reactive ketones (excluding diaryl/α,β-unsaturated/α-hetero) is 1. The van der Waals surface area contributed by atoms with Gasteiger partial charge < -0.3 is 29.0 Å². The summed E-state index contributed by atoms with van der Waals surface area (Å²) in [4.78, 5) is 39.4. The molecule has 9 heteroatoms. The van der Waals surface area contributed by atoms with Crippen LogP contribution in [0.25, 0.3) is 0 Å². The molecule has 34 heavy (non-hydrogen) atoms. The monoisotopic (exact) mass is 473 g/mol. The predicted molar refractivity (Wildman–Crippen MR) is 122 cm³/mol. The number of methoxy groups -OCH3 is 4. The molecule has 0 spiro atoms. The Kier molecular flexibility index (Phi) is 7.98. The smallest absolute Gasteiger partial charge is 0.336 e. The molecule has 184 valence electrons. The van der Waals surface area contributed by atoms with Crippen molar-refractivity contribution in [3.05, 3.63) is 46.3 Å². The van der Waals surface area contributed by atoms with Crippen molar-refractivity contribution in [1.29, 1.82) is 0 Å². The maximum atomic E-state index is 13.7. The van der Waals surface area contributed by atoms with Crippen LogP contribution in [0.2, 0.25) is 0 Å². The van der Waals surface area contributed by atoms with Crippen LogP contribution < -0.4 is 14.8 Å². The Hall–Kier alpha value is -3.33. The Morgan fingerprint density at radius 1 is 1.06 bits per heavy atom. The number of ether oxygens (including phenoxy) is 5. The molecule has 1 aromatic rings. The lowest BCUT2D eigenvalue weighted by Crippen LogP contribution is -2.43. The van der Waals surface area contributed by atoms with Crippen molar-refractivity contribution in [3.63, 3.8) is 0 Å². The van der Waals surface area contributed by atoms with Gasteiger partial charge in [0.05, 0.1) is 33.5 Å². The van der Waals surface area contributed by atoms with Crippen LogP contribution in [0.4, 0.5) is 0 Å². The minimum absolute atomic E-state index is 0.0619. The largest absolute Gasteiger partial charge is 0.493 e. The van der Waals surface area contributed by atoms with E-state index in [-0.39, 0.29) is 30.5 Å². The highest BCUT2D eigenvalue weighted by atomic mass is 16.6. The second kappa shape index (κ2) is 10.7. The number of rotatable bonds is 8. The molecule has 1 aliphatic heterocycles. The van der Waals surface area contributed by atoms with Crippen molar-refractivity contribution in [2.24, 2.45) is 11.8 Å². The summed E-state index contributed by atoms with van der Waals surface area (Å²) in [6.45, 7) is 3.91. The van der Waals surface area contributed by atoms with Gasteiger partial charge in [-0.05, 0) is 37.0 Å². The van der Waals surface area contributed by atoms with E-state index in [2.05, 4.69) is 5.32 Å². The van der Waals surface area contributed by atoms with E-state index in [9.17, 15) is 14.4 Å². The number of dihydropyridines is 1. The standard InChI is InChI=1S/C25H31NO8/c1-13-11-16-22(23(27)19(13)24(28)33-6)21(15-7-8-17(31-4)18(12-15)32-5)20(14(2)26-16)25(29)34-10-9-30-3/h7-8,12-13,19,21,26H,9-11H2,1-6H3. The first-order valence-corrected chi connectivity index (χ1v) is 11.0. The minimum atomic E-state index is -0.961. The van der Waals surface area contributed by atoms with Crippen molar-refractivity contribution >= 4 is 17.7 Å². The van der Waals surface area contributed by atoms with Crippen LogP contribution in [0.3, 0.4) is 0 Å². The Morgan fingerprint density at radius 2 is 1.76 bits per heavy atom. The number of carbonyl (C=O) groups is 3. The Morgan fingerprint density at radius 3 is 2.38 bits per heavy atom. The zero-order valence-corrected chi connectivity index (χ0v) is 20.4. The quantitative estimate of drug-likeness (QED) is 0.346. The molecule has 0 saturated carbocycles. The fourth-order valence-corrected chi connectivity index (χ4v) is 4.61. The molecule has 1 heterocycles. The molecule has 1 aromatic carbocycles. The first-order chi connectivity index (χ1) is 16.3. The Labute approximate surface area is 199 Å². The molecule has 3 unspecified atom stereocenters. The average Bonchev–Trinajstić information content (AvgIpc) is 2.82. The summed E-state index contributed by atoms with van der Waals surface area (Å²) in [7, 11) is 5.81. The van der Waals surface area contributed by atoms with E-state index in [0.717, 1.165) is 0 Å². The van der Waals surface area contributed by atoms with Crippen molar-refractivity contribution < 1.29 is 38.1 Å². The Bertz CT molecular complexity index is 1040. The lowest BCUT2D eigenvalue weighted by Gasteiger charge is -2.38. The van der Waals surface area contributed by atoms with Gasteiger partial charge >= 0.3 is 11.9 Å². The molecule has 0 aromatic heterocycles. The van der Waals surface area contributed by atoms with Gasteiger partial charge in [0, 0.05) is 30.0 Å². The van der Waals surface area contributed by atoms with Gasteiger partial charge in [-0.25, -0.2) is 4.79 Å². The van der Waals surface area contributed by atoms with E-state index < -0.39 is 23.8 Å². The topological polar surface area (TPSA) is 109 Å². The summed E-state index contributed by atoms with van der Waals surface area (Å²) in [5.74, 6) is -2.57. The summed E-state index contributed by atoms with van der Waals surface area (Å²) < 4.78 is 26.2. The number of allylic oxidation sites excluding steroid dienone is 3. The molecule has 2 aliphatic rings. The van der Waals surface area contributed by atoms with Crippen LogP contribution in [-0.4, -0.2) is 59.4 Å². The van der Waals surface area contributed by atoms with Gasteiger partial charge in [0.2, 0.25) is 0 Å². The van der Waals surface area contributed by atoms with E-state index in [1.165, 1.54) is 28.4 Å². The van der Waals surface area contributed by atoms with Crippen LogP contribution in [0.15, 0.2) is 40.7 Å². The number of carbonyl (C=O) groups excluding carboxylic acids is 3. The van der Waals surface area contributed by atoms with E-state index >= 15 is 0 Å². The summed E-state index contributed by atoms with van der Waals surface area (Å²) in [6, 6.07) is 5.22. The second-order valence-corrected chi connectivity index (χ2v) is 8.28. The van der Waals surface area contributed by atoms with Crippen molar-refractivity contribution in [1.82, 2.24) is 5.32 Å². The summed E-state index contributed by atoms with van der Waals surface area (Å²) in [5, 5.41) is 3.23. The van der Waals surface area contributed by atoms with Crippen LogP contribution in [-0.2, 0) is 28.6 Å². The number of ketones is 1. The van der Waals surface area contributed by atoms with E-state index in [0.29, 0.717) is 40.5 Å². The zero-order chi connectivity index (χ0) is 25.0. The van der Waals surface area contributed by atoms with Crippen molar-refractivity contribution in [2.75, 3.05) is 41.7 Å². The SMILES string of the molecule is COCCOC(=O)C1=C(C)NC2=C(C(=O)C(C(=O)OC)C(C)C2)C1c1ccc(OC)c(OC)c1. The molecule has 1 N–H and O–H groups in total. The van der Waals surface area contributed by atoms with Gasteiger partial charge in [-0.3, -0.25) is 9.59 Å². The average molecular weight is 474 g/mol. The number of esters is 2. The van der Waals surface area contributed by atoms with Crippen LogP contribution in [0.5, 0.6) is 11.5 Å². The molecule has 1 aliphatic carbocycles. The van der Waals surface area contributed by atoms with Crippen molar-refractivity contribution in [3.8, 4) is 11.5 Å². The number of hydrogen-bond donors (Lipinski definition) is 1. The van der Waals surface area contributed by atoms with Gasteiger partial charge in [-0.2, -0.15) is 0 Å². The van der Waals surface area contributed by atoms with E-state index in [1.807, 2.05) is 6.92 Å². The normalized spacial score (nSPS) is 22.1. The maximum absolute atomic E-state index is 13.7. The molecular weight excluding hydrogens is 442 g/mol. The third-order valence-corrected chi connectivity index (χ3v) is 6.22. The molecule has 0 saturated heterocycles. The molecule has 0 radical (unpaired) electrons. The molecule has 9 nitrogen and oxygen atoms in total. The van der Waals surface area contributed by atoms with Crippen LogP contribution in [0, 0.1) is 11.8 Å². The summed E-state index contributed by atoms with van der Waals surface area (Å²) >= 11 is 0. The van der Waals surface area contributed by atoms with E-state index in [1.54, 1.807) is 25.1 Å². The minimum Gasteiger partial charge on any atom is -0.493 e. The van der Waals surface area contributed by atoms with Crippen molar-refractivity contribution in [2.45, 2.75) is 26.2 Å². The summed E-state index contributed by atoms with van der Waals surface area (Å²) in [5.41, 5.74) is 2.54. The fraction of sp³-hybridized carbons (Fsp3) is 0.480. The van der Waals surface area contributed by atoms with Gasteiger partial charge in [0.25, 0.3) is 0 Å². The van der Waals surface area contributed by atoms with Gasteiger partial charge in [0.15, 0.2) is 17.3 Å². The highest BCUT2D eigenvalue weighted by Crippen LogP contribution is 2.46. The van der Waals surface area contributed by atoms with Gasteiger partial charge in [-0.1, -0.05) is 13.0 Å². The lowest BCUT2D eigenvalue weighted by molar-refractivity contribution is -0.151. The third kappa shape index (κ3) is 4.65. The first-order valence-electron chi connectivity index (χ1n) is 11.0. The van der Waals surface area contributed by atoms with Crippen LogP contribution in [0.1, 0.15) is 31.7 Å². The second-order valence-electron chi connectivity index (χ2n) is 8.28. The van der Waals surface area contributed by atoms with Gasteiger partial charge in [-0.15, -0.1) is 0 Å². The molecule has 0 amide bonds. The number of hydrogen-bond acceptors (Lipinski definition) is 9. The van der Waals surface area contributed by atoms with E-state index in [4.69, 9.17) is 23.7 Å². The maximum Gasteiger partial charge on any atom is 0.336 e. The fourth-order valence-electron chi connectivity index (χ4n) is 4.61. The molecular formula is C25H31NO8. The van der Waals surface area contributed by atoms with Gasteiger partial charge in [0.1, 0.15) is 12.5 Å². The third-order valence-electron chi connectivity index (χ3n) is 6.22. The highest BCUT2D eigenvalue weighted by Gasteiger charge is 2.47. The molecule has 3 atom stereocenters. The van der Waals surface area contributed by atoms with Crippen LogP contribution >= 0.6 is 0 Å². The summed E-state index contributed by atoms with van der Waals surface area (Å²) in [6.07, 6.45) is 0.452. The highest BCUT2D eigenvalue weighted by molar-refractivity contribution is 6.12. The predicted octanol–water partition coefficient (Wildman–Crippen LogP) is 2.51. The molecule has 0 fully saturated rings. The zero-order valence-electron chi connectivity index (χ0n) is 20.4. The molecule has 3 rings (SSSR count). The molecule has 0 bridgehead atoms.